The largest absolute Gasteiger partial charge is 0.445 e. The number of carbonyl (C=O) groups excluding carboxylic acids is 1. The molecule has 1 aromatic heterocycles. The molecule has 3 aromatic rings. The number of alkyl carbamates (subject to hydrolysis) is 1. The topological polar surface area (TPSA) is 51.2 Å². The molecule has 29 heavy (non-hydrogen) atoms. The second kappa shape index (κ2) is 8.57. The van der Waals surface area contributed by atoms with E-state index in [4.69, 9.17) is 16.3 Å². The Hall–Kier alpha value is -2.99. The van der Waals surface area contributed by atoms with Crippen molar-refractivity contribution in [3.63, 3.8) is 0 Å². The fourth-order valence-corrected chi connectivity index (χ4v) is 2.96. The third-order valence-corrected chi connectivity index (χ3v) is 4.55. The molecule has 4 nitrogen and oxygen atoms in total. The van der Waals surface area contributed by atoms with Crippen molar-refractivity contribution in [2.45, 2.75) is 26.0 Å². The molecule has 0 aliphatic heterocycles. The maximum absolute atomic E-state index is 13.6. The van der Waals surface area contributed by atoms with Crippen LogP contribution >= 0.6 is 11.6 Å². The average Bonchev–Trinajstić information content (AvgIpc) is 2.68. The van der Waals surface area contributed by atoms with Crippen molar-refractivity contribution in [2.24, 2.45) is 0 Å². The minimum Gasteiger partial charge on any atom is -0.445 e. The molecule has 0 fully saturated rings. The summed E-state index contributed by atoms with van der Waals surface area (Å²) in [6.07, 6.45) is -0.596. The van der Waals surface area contributed by atoms with Crippen molar-refractivity contribution in [3.05, 3.63) is 88.6 Å². The molecule has 3 rings (SSSR count). The number of ether oxygens (including phenoxy) is 1. The number of carbonyl (C=O) groups is 1. The number of benzene rings is 2. The van der Waals surface area contributed by atoms with E-state index in [0.717, 1.165) is 17.7 Å². The molecule has 0 atom stereocenters. The molecule has 0 aliphatic rings. The summed E-state index contributed by atoms with van der Waals surface area (Å²) in [5.74, 6) is -1.92. The molecule has 0 radical (unpaired) electrons. The van der Waals surface area contributed by atoms with E-state index >= 15 is 0 Å². The van der Waals surface area contributed by atoms with E-state index in [0.29, 0.717) is 16.8 Å². The summed E-state index contributed by atoms with van der Waals surface area (Å²) in [6, 6.07) is 16.1. The van der Waals surface area contributed by atoms with Gasteiger partial charge in [0, 0.05) is 5.56 Å². The molecule has 1 heterocycles. The van der Waals surface area contributed by atoms with Crippen LogP contribution < -0.4 is 5.32 Å². The first kappa shape index (κ1) is 20.7. The molecular formula is C22H19ClF2N2O2. The molecule has 0 saturated carbocycles. The van der Waals surface area contributed by atoms with E-state index in [1.165, 1.54) is 6.07 Å². The number of aromatic nitrogens is 1. The molecule has 7 heteroatoms. The van der Waals surface area contributed by atoms with Gasteiger partial charge in [-0.2, -0.15) is 0 Å². The van der Waals surface area contributed by atoms with Crippen molar-refractivity contribution in [2.75, 3.05) is 0 Å². The zero-order chi connectivity index (χ0) is 21.0. The smallest absolute Gasteiger partial charge is 0.408 e. The van der Waals surface area contributed by atoms with Crippen LogP contribution in [0.25, 0.3) is 11.3 Å². The zero-order valence-electron chi connectivity index (χ0n) is 15.9. The predicted molar refractivity (Wildman–Crippen MR) is 107 cm³/mol. The monoisotopic (exact) mass is 416 g/mol. The lowest BCUT2D eigenvalue weighted by molar-refractivity contribution is 0.129. The molecule has 1 N–H and O–H groups in total. The molecule has 0 spiro atoms. The van der Waals surface area contributed by atoms with Crippen molar-refractivity contribution in [1.82, 2.24) is 10.3 Å². The molecule has 0 saturated heterocycles. The van der Waals surface area contributed by atoms with Crippen LogP contribution in [0.5, 0.6) is 0 Å². The van der Waals surface area contributed by atoms with E-state index in [1.807, 2.05) is 30.3 Å². The Labute approximate surface area is 172 Å². The van der Waals surface area contributed by atoms with Gasteiger partial charge in [0.2, 0.25) is 0 Å². The first-order chi connectivity index (χ1) is 13.7. The third-order valence-electron chi connectivity index (χ3n) is 4.36. The van der Waals surface area contributed by atoms with Gasteiger partial charge in [-0.3, -0.25) is 0 Å². The lowest BCUT2D eigenvalue weighted by atomic mass is 9.94. The maximum Gasteiger partial charge on any atom is 0.408 e. The number of nitrogens with one attached hydrogen (secondary N) is 1. The Bertz CT molecular complexity index is 1030. The number of rotatable bonds is 5. The van der Waals surface area contributed by atoms with Crippen LogP contribution in [-0.4, -0.2) is 11.1 Å². The fraction of sp³-hybridized carbons (Fsp3) is 0.182. The van der Waals surface area contributed by atoms with Crippen LogP contribution in [0.2, 0.25) is 5.15 Å². The van der Waals surface area contributed by atoms with Gasteiger partial charge >= 0.3 is 6.09 Å². The minimum absolute atomic E-state index is 0.139. The van der Waals surface area contributed by atoms with Crippen molar-refractivity contribution in [3.8, 4) is 11.3 Å². The van der Waals surface area contributed by atoms with Crippen LogP contribution in [0, 0.1) is 11.6 Å². The second-order valence-electron chi connectivity index (χ2n) is 7.00. The number of pyridine rings is 1. The van der Waals surface area contributed by atoms with Gasteiger partial charge in [0.25, 0.3) is 0 Å². The Kier molecular flexibility index (Phi) is 6.13. The summed E-state index contributed by atoms with van der Waals surface area (Å²) in [4.78, 5) is 16.4. The number of hydrogen-bond donors (Lipinski definition) is 1. The number of nitrogens with zero attached hydrogens (tertiary/aromatic N) is 1. The van der Waals surface area contributed by atoms with Gasteiger partial charge in [-0.15, -0.1) is 0 Å². The molecule has 0 bridgehead atoms. The van der Waals surface area contributed by atoms with E-state index in [-0.39, 0.29) is 11.8 Å². The minimum atomic E-state index is -0.979. The normalized spacial score (nSPS) is 11.2. The van der Waals surface area contributed by atoms with Crippen molar-refractivity contribution < 1.29 is 18.3 Å². The highest BCUT2D eigenvalue weighted by Gasteiger charge is 2.25. The maximum atomic E-state index is 13.6. The van der Waals surface area contributed by atoms with Crippen molar-refractivity contribution >= 4 is 17.7 Å². The summed E-state index contributed by atoms with van der Waals surface area (Å²) in [5.41, 5.74) is 1.38. The average molecular weight is 417 g/mol. The summed E-state index contributed by atoms with van der Waals surface area (Å²) < 4.78 is 32.1. The highest BCUT2D eigenvalue weighted by Crippen LogP contribution is 2.28. The summed E-state index contributed by atoms with van der Waals surface area (Å²) >= 11 is 6.13. The van der Waals surface area contributed by atoms with E-state index in [2.05, 4.69) is 10.3 Å². The Balaban J connectivity index is 1.78. The van der Waals surface area contributed by atoms with Crippen LogP contribution in [0.3, 0.4) is 0 Å². The SMILES string of the molecule is CC(C)(NC(=O)OCc1ccccc1)c1cc(Cl)nc(-c2ccc(F)c(F)c2)c1. The van der Waals surface area contributed by atoms with Crippen LogP contribution in [-0.2, 0) is 16.9 Å². The summed E-state index contributed by atoms with van der Waals surface area (Å²) in [6.45, 7) is 3.69. The molecule has 1 amide bonds. The van der Waals surface area contributed by atoms with Gasteiger partial charge in [0.1, 0.15) is 11.8 Å². The zero-order valence-corrected chi connectivity index (χ0v) is 16.6. The van der Waals surface area contributed by atoms with Gasteiger partial charge in [0.15, 0.2) is 11.6 Å². The van der Waals surface area contributed by atoms with E-state index in [9.17, 15) is 13.6 Å². The van der Waals surface area contributed by atoms with Crippen molar-refractivity contribution in [1.29, 1.82) is 0 Å². The van der Waals surface area contributed by atoms with E-state index in [1.54, 1.807) is 26.0 Å². The summed E-state index contributed by atoms with van der Waals surface area (Å²) in [5, 5.41) is 2.95. The Morgan fingerprint density at radius 1 is 1.07 bits per heavy atom. The molecule has 150 valence electrons. The molecule has 0 aliphatic carbocycles. The van der Waals surface area contributed by atoms with Gasteiger partial charge in [0.05, 0.1) is 11.2 Å². The summed E-state index contributed by atoms with van der Waals surface area (Å²) in [7, 11) is 0. The Morgan fingerprint density at radius 2 is 1.79 bits per heavy atom. The Morgan fingerprint density at radius 3 is 2.48 bits per heavy atom. The van der Waals surface area contributed by atoms with Crippen LogP contribution in [0.15, 0.2) is 60.7 Å². The number of hydrogen-bond acceptors (Lipinski definition) is 3. The third kappa shape index (κ3) is 5.29. The van der Waals surface area contributed by atoms with E-state index < -0.39 is 23.3 Å². The number of halogens is 3. The molecule has 0 unspecified atom stereocenters. The first-order valence-corrected chi connectivity index (χ1v) is 9.25. The molecular weight excluding hydrogens is 398 g/mol. The van der Waals surface area contributed by atoms with Gasteiger partial charge < -0.3 is 10.1 Å². The highest BCUT2D eigenvalue weighted by molar-refractivity contribution is 6.29. The standard InChI is InChI=1S/C22H19ClF2N2O2/c1-22(2,27-21(28)29-13-14-6-4-3-5-7-14)16-11-19(26-20(23)12-16)15-8-9-17(24)18(25)10-15/h3-12H,13H2,1-2H3,(H,27,28). The lowest BCUT2D eigenvalue weighted by Crippen LogP contribution is -2.41. The molecule has 2 aromatic carbocycles. The van der Waals surface area contributed by atoms with Gasteiger partial charge in [-0.05, 0) is 55.3 Å². The van der Waals surface area contributed by atoms with Gasteiger partial charge in [-0.1, -0.05) is 41.9 Å². The quantitative estimate of drug-likeness (QED) is 0.531. The lowest BCUT2D eigenvalue weighted by Gasteiger charge is -2.27. The number of amides is 1. The van der Waals surface area contributed by atoms with Crippen LogP contribution in [0.1, 0.15) is 25.0 Å². The van der Waals surface area contributed by atoms with Crippen LogP contribution in [0.4, 0.5) is 13.6 Å². The highest BCUT2D eigenvalue weighted by atomic mass is 35.5. The predicted octanol–water partition coefficient (Wildman–Crippen LogP) is 5.84. The first-order valence-electron chi connectivity index (χ1n) is 8.87. The second-order valence-corrected chi connectivity index (χ2v) is 7.39. The van der Waals surface area contributed by atoms with Gasteiger partial charge in [-0.25, -0.2) is 18.6 Å². The fourth-order valence-electron chi connectivity index (χ4n) is 2.75.